The van der Waals surface area contributed by atoms with E-state index in [-0.39, 0.29) is 6.79 Å². The number of hydrogen-bond donors (Lipinski definition) is 1. The third-order valence-corrected chi connectivity index (χ3v) is 4.50. The standard InChI is InChI=1S/C16H16N4O3S/c1-10-18-15(23-20-10)4-5-17-7-12-8-24-16(19-12)11-2-3-13-14(6-11)22-9-21-13/h2-3,6,8,17H,4-5,7,9H2,1H3. The van der Waals surface area contributed by atoms with Crippen LogP contribution in [0.4, 0.5) is 0 Å². The lowest BCUT2D eigenvalue weighted by atomic mass is 10.2. The first kappa shape index (κ1) is 15.1. The molecule has 8 heteroatoms. The summed E-state index contributed by atoms with van der Waals surface area (Å²) in [7, 11) is 0. The van der Waals surface area contributed by atoms with E-state index in [0.29, 0.717) is 24.7 Å². The van der Waals surface area contributed by atoms with E-state index in [4.69, 9.17) is 14.0 Å². The minimum absolute atomic E-state index is 0.283. The first-order chi connectivity index (χ1) is 11.8. The highest BCUT2D eigenvalue weighted by Gasteiger charge is 2.15. The first-order valence-electron chi connectivity index (χ1n) is 7.62. The molecule has 1 aliphatic heterocycles. The van der Waals surface area contributed by atoms with Gasteiger partial charge in [0.05, 0.1) is 5.69 Å². The summed E-state index contributed by atoms with van der Waals surface area (Å²) in [6.07, 6.45) is 0.708. The predicted molar refractivity (Wildman–Crippen MR) is 88.1 cm³/mol. The summed E-state index contributed by atoms with van der Waals surface area (Å²) in [4.78, 5) is 8.84. The second-order valence-electron chi connectivity index (χ2n) is 5.37. The second kappa shape index (κ2) is 6.58. The van der Waals surface area contributed by atoms with Crippen LogP contribution < -0.4 is 14.8 Å². The topological polar surface area (TPSA) is 82.3 Å². The van der Waals surface area contributed by atoms with Gasteiger partial charge in [-0.2, -0.15) is 4.98 Å². The normalized spacial score (nSPS) is 12.7. The highest BCUT2D eigenvalue weighted by Crippen LogP contribution is 2.36. The van der Waals surface area contributed by atoms with Gasteiger partial charge in [0.15, 0.2) is 17.3 Å². The van der Waals surface area contributed by atoms with Crippen molar-refractivity contribution in [1.82, 2.24) is 20.4 Å². The highest BCUT2D eigenvalue weighted by atomic mass is 32.1. The Morgan fingerprint density at radius 2 is 2.12 bits per heavy atom. The molecule has 2 aromatic heterocycles. The van der Waals surface area contributed by atoms with Crippen molar-refractivity contribution in [3.8, 4) is 22.1 Å². The van der Waals surface area contributed by atoms with E-state index in [1.54, 1.807) is 11.3 Å². The summed E-state index contributed by atoms with van der Waals surface area (Å²) in [5.41, 5.74) is 2.05. The Morgan fingerprint density at radius 1 is 1.21 bits per heavy atom. The maximum Gasteiger partial charge on any atom is 0.231 e. The number of ether oxygens (including phenoxy) is 2. The number of aromatic nitrogens is 3. The Kier molecular flexibility index (Phi) is 4.14. The number of hydrogen-bond acceptors (Lipinski definition) is 8. The van der Waals surface area contributed by atoms with Gasteiger partial charge in [0, 0.05) is 30.5 Å². The number of thiazole rings is 1. The fourth-order valence-electron chi connectivity index (χ4n) is 2.40. The molecular weight excluding hydrogens is 328 g/mol. The predicted octanol–water partition coefficient (Wildman–Crippen LogP) is 2.56. The number of nitrogens with one attached hydrogen (secondary N) is 1. The molecule has 0 spiro atoms. The van der Waals surface area contributed by atoms with E-state index in [1.165, 1.54) is 0 Å². The number of nitrogens with zero attached hydrogens (tertiary/aromatic N) is 3. The second-order valence-corrected chi connectivity index (χ2v) is 6.23. The van der Waals surface area contributed by atoms with Gasteiger partial charge in [-0.1, -0.05) is 5.16 Å². The van der Waals surface area contributed by atoms with Gasteiger partial charge in [-0.05, 0) is 25.1 Å². The molecule has 0 amide bonds. The molecule has 0 saturated heterocycles. The molecule has 0 bridgehead atoms. The van der Waals surface area contributed by atoms with E-state index >= 15 is 0 Å². The van der Waals surface area contributed by atoms with Crippen LogP contribution in [0, 0.1) is 6.92 Å². The minimum atomic E-state index is 0.283. The molecule has 0 fully saturated rings. The lowest BCUT2D eigenvalue weighted by molar-refractivity contribution is 0.174. The molecule has 4 rings (SSSR count). The minimum Gasteiger partial charge on any atom is -0.454 e. The molecule has 0 radical (unpaired) electrons. The van der Waals surface area contributed by atoms with Crippen LogP contribution in [0.5, 0.6) is 11.5 Å². The Morgan fingerprint density at radius 3 is 3.00 bits per heavy atom. The third kappa shape index (κ3) is 3.24. The van der Waals surface area contributed by atoms with Crippen LogP contribution in [0.25, 0.3) is 10.6 Å². The summed E-state index contributed by atoms with van der Waals surface area (Å²) in [5.74, 6) is 2.88. The van der Waals surface area contributed by atoms with Gasteiger partial charge in [-0.15, -0.1) is 11.3 Å². The zero-order chi connectivity index (χ0) is 16.4. The van der Waals surface area contributed by atoms with E-state index in [1.807, 2.05) is 25.1 Å². The van der Waals surface area contributed by atoms with Gasteiger partial charge in [-0.3, -0.25) is 0 Å². The van der Waals surface area contributed by atoms with Gasteiger partial charge in [0.25, 0.3) is 0 Å². The van der Waals surface area contributed by atoms with Crippen LogP contribution in [0.2, 0.25) is 0 Å². The Hall–Kier alpha value is -2.45. The van der Waals surface area contributed by atoms with Crippen LogP contribution >= 0.6 is 11.3 Å². The molecule has 24 heavy (non-hydrogen) atoms. The molecule has 1 N–H and O–H groups in total. The maximum absolute atomic E-state index is 5.41. The quantitative estimate of drug-likeness (QED) is 0.688. The number of benzene rings is 1. The molecule has 0 saturated carbocycles. The Balaban J connectivity index is 1.33. The molecule has 0 atom stereocenters. The molecule has 3 aromatic rings. The molecule has 0 aliphatic carbocycles. The lowest BCUT2D eigenvalue weighted by Crippen LogP contribution is -2.17. The van der Waals surface area contributed by atoms with Crippen molar-refractivity contribution in [3.63, 3.8) is 0 Å². The van der Waals surface area contributed by atoms with Crippen LogP contribution in [0.3, 0.4) is 0 Å². The van der Waals surface area contributed by atoms with Crippen LogP contribution in [0.15, 0.2) is 28.1 Å². The van der Waals surface area contributed by atoms with Crippen LogP contribution in [0.1, 0.15) is 17.4 Å². The average molecular weight is 344 g/mol. The fraction of sp³-hybridized carbons (Fsp3) is 0.312. The summed E-state index contributed by atoms with van der Waals surface area (Å²) in [6.45, 7) is 3.56. The number of fused-ring (bicyclic) bond motifs is 1. The Bertz CT molecular complexity index is 845. The van der Waals surface area contributed by atoms with E-state index < -0.39 is 0 Å². The van der Waals surface area contributed by atoms with Crippen LogP contribution in [-0.4, -0.2) is 28.5 Å². The van der Waals surface area contributed by atoms with Gasteiger partial charge < -0.3 is 19.3 Å². The molecular formula is C16H16N4O3S. The largest absolute Gasteiger partial charge is 0.454 e. The summed E-state index contributed by atoms with van der Waals surface area (Å²) in [6, 6.07) is 5.89. The van der Waals surface area contributed by atoms with Crippen molar-refractivity contribution >= 4 is 11.3 Å². The van der Waals surface area contributed by atoms with E-state index in [0.717, 1.165) is 34.3 Å². The average Bonchev–Trinajstić information content (AvgIpc) is 3.31. The molecule has 7 nitrogen and oxygen atoms in total. The van der Waals surface area contributed by atoms with Gasteiger partial charge in [0.1, 0.15) is 5.01 Å². The zero-order valence-corrected chi connectivity index (χ0v) is 13.9. The van der Waals surface area contributed by atoms with Gasteiger partial charge >= 0.3 is 0 Å². The van der Waals surface area contributed by atoms with Crippen molar-refractivity contribution < 1.29 is 14.0 Å². The Labute approximate surface area is 142 Å². The monoisotopic (exact) mass is 344 g/mol. The summed E-state index contributed by atoms with van der Waals surface area (Å²) in [5, 5.41) is 10.1. The smallest absolute Gasteiger partial charge is 0.231 e. The van der Waals surface area contributed by atoms with Gasteiger partial charge in [0.2, 0.25) is 12.7 Å². The molecule has 0 unspecified atom stereocenters. The van der Waals surface area contributed by atoms with Crippen molar-refractivity contribution in [1.29, 1.82) is 0 Å². The lowest BCUT2D eigenvalue weighted by Gasteiger charge is -2.00. The summed E-state index contributed by atoms with van der Waals surface area (Å²) < 4.78 is 15.8. The van der Waals surface area contributed by atoms with Gasteiger partial charge in [-0.25, -0.2) is 4.98 Å². The third-order valence-electron chi connectivity index (χ3n) is 3.56. The fourth-order valence-corrected chi connectivity index (χ4v) is 3.22. The number of aryl methyl sites for hydroxylation is 1. The van der Waals surface area contributed by atoms with Crippen molar-refractivity contribution in [3.05, 3.63) is 41.0 Å². The zero-order valence-electron chi connectivity index (χ0n) is 13.1. The molecule has 3 heterocycles. The van der Waals surface area contributed by atoms with Crippen molar-refractivity contribution in [2.45, 2.75) is 19.9 Å². The van der Waals surface area contributed by atoms with Crippen molar-refractivity contribution in [2.24, 2.45) is 0 Å². The maximum atomic E-state index is 5.41. The van der Waals surface area contributed by atoms with Crippen LogP contribution in [-0.2, 0) is 13.0 Å². The number of rotatable bonds is 6. The molecule has 1 aromatic carbocycles. The van der Waals surface area contributed by atoms with E-state index in [9.17, 15) is 0 Å². The highest BCUT2D eigenvalue weighted by molar-refractivity contribution is 7.13. The first-order valence-corrected chi connectivity index (χ1v) is 8.50. The molecule has 124 valence electrons. The van der Waals surface area contributed by atoms with E-state index in [2.05, 4.69) is 25.8 Å². The van der Waals surface area contributed by atoms with Crippen molar-refractivity contribution in [2.75, 3.05) is 13.3 Å². The summed E-state index contributed by atoms with van der Waals surface area (Å²) >= 11 is 1.62. The molecule has 1 aliphatic rings. The SMILES string of the molecule is Cc1noc(CCNCc2csc(-c3ccc4c(c3)OCO4)n2)n1.